The van der Waals surface area contributed by atoms with E-state index in [1.165, 1.54) is 49.8 Å². The number of methoxy groups -OCH3 is 1. The van der Waals surface area contributed by atoms with E-state index in [0.29, 0.717) is 35.5 Å². The fourth-order valence-electron chi connectivity index (χ4n) is 3.19. The lowest BCUT2D eigenvalue weighted by molar-refractivity contribution is -0.122. The van der Waals surface area contributed by atoms with Crippen LogP contribution in [-0.4, -0.2) is 32.5 Å². The summed E-state index contributed by atoms with van der Waals surface area (Å²) in [7, 11) is -2.19. The Morgan fingerprint density at radius 1 is 1.21 bits per heavy atom. The molecule has 0 atom stereocenters. The average Bonchev–Trinajstić information content (AvgIpc) is 3.14. The molecule has 1 saturated carbocycles. The van der Waals surface area contributed by atoms with Crippen molar-refractivity contribution in [3.8, 4) is 5.75 Å². The second-order valence-corrected chi connectivity index (χ2v) is 9.37. The number of benzene rings is 1. The van der Waals surface area contributed by atoms with Crippen LogP contribution < -0.4 is 14.8 Å². The largest absolute Gasteiger partial charge is 0.497 e. The highest BCUT2D eigenvalue weighted by atomic mass is 32.2. The van der Waals surface area contributed by atoms with E-state index in [4.69, 9.17) is 4.74 Å². The van der Waals surface area contributed by atoms with Crippen LogP contribution in [0.25, 0.3) is 0 Å². The number of rotatable bonds is 8. The van der Waals surface area contributed by atoms with Gasteiger partial charge in [0.15, 0.2) is 5.13 Å². The maximum atomic E-state index is 12.4. The number of nitrogens with one attached hydrogen (secondary N) is 2. The first-order valence-electron chi connectivity index (χ1n) is 9.37. The van der Waals surface area contributed by atoms with Crippen molar-refractivity contribution in [2.45, 2.75) is 55.9 Å². The Bertz CT molecular complexity index is 888. The average molecular weight is 424 g/mol. The maximum Gasteiger partial charge on any atom is 0.263 e. The molecule has 1 aliphatic carbocycles. The van der Waals surface area contributed by atoms with E-state index in [1.54, 1.807) is 17.5 Å². The number of carbonyl (C=O) groups is 1. The molecule has 1 aromatic heterocycles. The molecule has 0 saturated heterocycles. The monoisotopic (exact) mass is 423 g/mol. The lowest BCUT2D eigenvalue weighted by atomic mass is 9.95. The number of hydrogen-bond donors (Lipinski definition) is 2. The van der Waals surface area contributed by atoms with Crippen LogP contribution in [0.4, 0.5) is 5.13 Å². The van der Waals surface area contributed by atoms with Crippen molar-refractivity contribution in [3.63, 3.8) is 0 Å². The number of carbonyl (C=O) groups excluding carboxylic acids is 1. The highest BCUT2D eigenvalue weighted by molar-refractivity contribution is 7.93. The minimum absolute atomic E-state index is 0.0280. The number of amides is 1. The summed E-state index contributed by atoms with van der Waals surface area (Å²) in [6.07, 6.45) is 6.55. The summed E-state index contributed by atoms with van der Waals surface area (Å²) in [5.74, 6) is 0.613. The van der Waals surface area contributed by atoms with E-state index >= 15 is 0 Å². The molecule has 9 heteroatoms. The maximum absolute atomic E-state index is 12.4. The van der Waals surface area contributed by atoms with Gasteiger partial charge in [-0.05, 0) is 43.5 Å². The highest BCUT2D eigenvalue weighted by Crippen LogP contribution is 2.22. The number of thiazole rings is 1. The molecule has 1 fully saturated rings. The predicted octanol–water partition coefficient (Wildman–Crippen LogP) is 3.33. The summed E-state index contributed by atoms with van der Waals surface area (Å²) in [5.41, 5.74) is 0.705. The van der Waals surface area contributed by atoms with Crippen molar-refractivity contribution < 1.29 is 17.9 Å². The lowest BCUT2D eigenvalue weighted by Crippen LogP contribution is -2.36. The SMILES string of the molecule is COc1ccc(S(=O)(=O)Nc2nc(CCC(=O)NC3CCCCC3)cs2)cc1. The molecule has 7 nitrogen and oxygen atoms in total. The highest BCUT2D eigenvalue weighted by Gasteiger charge is 2.18. The van der Waals surface area contributed by atoms with Gasteiger partial charge in [0, 0.05) is 17.8 Å². The predicted molar refractivity (Wildman–Crippen MR) is 109 cm³/mol. The molecule has 0 bridgehead atoms. The summed E-state index contributed by atoms with van der Waals surface area (Å²) >= 11 is 1.21. The zero-order chi connectivity index (χ0) is 20.0. The first-order chi connectivity index (χ1) is 13.5. The van der Waals surface area contributed by atoms with Crippen LogP contribution in [0.2, 0.25) is 0 Å². The van der Waals surface area contributed by atoms with Gasteiger partial charge in [-0.2, -0.15) is 0 Å². The van der Waals surface area contributed by atoms with Crippen LogP contribution in [-0.2, 0) is 21.2 Å². The van der Waals surface area contributed by atoms with Gasteiger partial charge in [-0.3, -0.25) is 9.52 Å². The van der Waals surface area contributed by atoms with Gasteiger partial charge in [-0.25, -0.2) is 13.4 Å². The van der Waals surface area contributed by atoms with Crippen LogP contribution in [0, 0.1) is 0 Å². The van der Waals surface area contributed by atoms with E-state index in [2.05, 4.69) is 15.0 Å². The van der Waals surface area contributed by atoms with E-state index in [-0.39, 0.29) is 10.8 Å². The first kappa shape index (κ1) is 20.6. The first-order valence-corrected chi connectivity index (χ1v) is 11.7. The number of hydrogen-bond acceptors (Lipinski definition) is 6. The van der Waals surface area contributed by atoms with Gasteiger partial charge in [0.2, 0.25) is 5.91 Å². The molecule has 28 heavy (non-hydrogen) atoms. The normalized spacial score (nSPS) is 15.2. The van der Waals surface area contributed by atoms with E-state index in [0.717, 1.165) is 12.8 Å². The van der Waals surface area contributed by atoms with Crippen LogP contribution in [0.15, 0.2) is 34.5 Å². The Hall–Kier alpha value is -2.13. The Balaban J connectivity index is 1.52. The number of ether oxygens (including phenoxy) is 1. The number of nitrogens with zero attached hydrogens (tertiary/aromatic N) is 1. The molecule has 152 valence electrons. The van der Waals surface area contributed by atoms with Gasteiger partial charge < -0.3 is 10.1 Å². The van der Waals surface area contributed by atoms with E-state index in [9.17, 15) is 13.2 Å². The smallest absolute Gasteiger partial charge is 0.263 e. The van der Waals surface area contributed by atoms with Crippen LogP contribution in [0.3, 0.4) is 0 Å². The fraction of sp³-hybridized carbons (Fsp3) is 0.474. The molecule has 0 unspecified atom stereocenters. The Morgan fingerprint density at radius 2 is 1.93 bits per heavy atom. The summed E-state index contributed by atoms with van der Waals surface area (Å²) in [5, 5.41) is 5.15. The summed E-state index contributed by atoms with van der Waals surface area (Å²) in [6.45, 7) is 0. The van der Waals surface area contributed by atoms with Crippen molar-refractivity contribution in [3.05, 3.63) is 35.3 Å². The minimum atomic E-state index is -3.71. The molecule has 1 amide bonds. The van der Waals surface area contributed by atoms with Crippen molar-refractivity contribution in [1.29, 1.82) is 0 Å². The third kappa shape index (κ3) is 5.68. The quantitative estimate of drug-likeness (QED) is 0.679. The van der Waals surface area contributed by atoms with Crippen molar-refractivity contribution in [2.24, 2.45) is 0 Å². The molecule has 1 aliphatic rings. The third-order valence-corrected chi connectivity index (χ3v) is 7.01. The number of sulfonamides is 1. The van der Waals surface area contributed by atoms with Gasteiger partial charge >= 0.3 is 0 Å². The lowest BCUT2D eigenvalue weighted by Gasteiger charge is -2.22. The number of anilines is 1. The van der Waals surface area contributed by atoms with Crippen LogP contribution >= 0.6 is 11.3 Å². The summed E-state index contributed by atoms with van der Waals surface area (Å²) in [6, 6.07) is 6.43. The Labute approximate surface area is 169 Å². The van der Waals surface area contributed by atoms with Crippen molar-refractivity contribution >= 4 is 32.4 Å². The van der Waals surface area contributed by atoms with Crippen LogP contribution in [0.5, 0.6) is 5.75 Å². The van der Waals surface area contributed by atoms with Gasteiger partial charge in [-0.1, -0.05) is 19.3 Å². The van der Waals surface area contributed by atoms with Gasteiger partial charge in [0.05, 0.1) is 17.7 Å². The fourth-order valence-corrected chi connectivity index (χ4v) is 5.18. The zero-order valence-corrected chi connectivity index (χ0v) is 17.4. The Morgan fingerprint density at radius 3 is 2.61 bits per heavy atom. The van der Waals surface area contributed by atoms with Crippen molar-refractivity contribution in [1.82, 2.24) is 10.3 Å². The molecule has 2 aromatic rings. The zero-order valence-electron chi connectivity index (χ0n) is 15.8. The van der Waals surface area contributed by atoms with E-state index < -0.39 is 10.0 Å². The number of aryl methyl sites for hydroxylation is 1. The van der Waals surface area contributed by atoms with E-state index in [1.807, 2.05) is 0 Å². The molecule has 3 rings (SSSR count). The summed E-state index contributed by atoms with van der Waals surface area (Å²) < 4.78 is 32.4. The molecule has 1 heterocycles. The minimum Gasteiger partial charge on any atom is -0.497 e. The molecule has 1 aromatic carbocycles. The second kappa shape index (κ2) is 9.38. The van der Waals surface area contributed by atoms with Gasteiger partial charge in [-0.15, -0.1) is 11.3 Å². The topological polar surface area (TPSA) is 97.4 Å². The molecular weight excluding hydrogens is 398 g/mol. The molecular formula is C19H25N3O4S2. The third-order valence-electron chi connectivity index (χ3n) is 4.72. The molecule has 2 N–H and O–H groups in total. The molecule has 0 spiro atoms. The Kier molecular flexibility index (Phi) is 6.90. The molecule has 0 radical (unpaired) electrons. The van der Waals surface area contributed by atoms with Gasteiger partial charge in [0.25, 0.3) is 10.0 Å². The molecule has 0 aliphatic heterocycles. The summed E-state index contributed by atoms with van der Waals surface area (Å²) in [4.78, 5) is 16.5. The number of aromatic nitrogens is 1. The standard InChI is InChI=1S/C19H25N3O4S2/c1-26-16-8-10-17(11-9-16)28(24,25)22-19-21-15(13-27-19)7-12-18(23)20-14-5-3-2-4-6-14/h8-11,13-14H,2-7,12H2,1H3,(H,20,23)(H,21,22). The van der Waals surface area contributed by atoms with Crippen LogP contribution in [0.1, 0.15) is 44.2 Å². The van der Waals surface area contributed by atoms with Crippen molar-refractivity contribution in [2.75, 3.05) is 11.8 Å². The van der Waals surface area contributed by atoms with Gasteiger partial charge in [0.1, 0.15) is 5.75 Å². The second-order valence-electron chi connectivity index (χ2n) is 6.83.